The molecule has 0 aliphatic heterocycles. The van der Waals surface area contributed by atoms with E-state index < -0.39 is 10.0 Å². The zero-order chi connectivity index (χ0) is 21.7. The van der Waals surface area contributed by atoms with Crippen LogP contribution in [0.5, 0.6) is 0 Å². The van der Waals surface area contributed by atoms with Crippen LogP contribution in [0.1, 0.15) is 23.1 Å². The van der Waals surface area contributed by atoms with Crippen molar-refractivity contribution in [2.45, 2.75) is 24.8 Å². The molecule has 0 atom stereocenters. The van der Waals surface area contributed by atoms with Crippen LogP contribution in [0.2, 0.25) is 0 Å². The van der Waals surface area contributed by atoms with E-state index in [0.29, 0.717) is 17.9 Å². The van der Waals surface area contributed by atoms with Crippen LogP contribution in [0.15, 0.2) is 90.0 Å². The summed E-state index contributed by atoms with van der Waals surface area (Å²) in [5.74, 6) is 0. The molecule has 158 valence electrons. The van der Waals surface area contributed by atoms with Gasteiger partial charge in [0, 0.05) is 30.2 Å². The van der Waals surface area contributed by atoms with E-state index in [4.69, 9.17) is 0 Å². The predicted molar refractivity (Wildman–Crippen MR) is 128 cm³/mol. The monoisotopic (exact) mass is 430 g/mol. The van der Waals surface area contributed by atoms with Crippen LogP contribution in [0.4, 0.5) is 0 Å². The van der Waals surface area contributed by atoms with Crippen molar-refractivity contribution in [1.29, 1.82) is 0 Å². The minimum Gasteiger partial charge on any atom is -0.347 e. The Hall–Kier alpha value is -3.15. The fraction of sp³-hybridized carbons (Fsp3) is 0.154. The lowest BCUT2D eigenvalue weighted by Gasteiger charge is -2.09. The Bertz CT molecular complexity index is 1290. The molecule has 5 heteroatoms. The normalized spacial score (nSPS) is 12.0. The zero-order valence-corrected chi connectivity index (χ0v) is 18.3. The molecule has 0 radical (unpaired) electrons. The lowest BCUT2D eigenvalue weighted by molar-refractivity contribution is 0.572. The quantitative estimate of drug-likeness (QED) is 0.297. The van der Waals surface area contributed by atoms with Gasteiger partial charge in [0.2, 0.25) is 10.0 Å². The summed E-state index contributed by atoms with van der Waals surface area (Å²) in [6, 6.07) is 25.5. The standard InChI is InChI=1S/C26H26N2O2S/c1-21-11-15-24(16-12-21)31(29,30)27-18-6-19-28-20-17-25-23(9-5-10-26(25)28)14-13-22-7-3-2-4-8-22/h2-5,7-17,20,27H,6,18-19H2,1H3/b14-13+. The van der Waals surface area contributed by atoms with Gasteiger partial charge in [-0.2, -0.15) is 0 Å². The van der Waals surface area contributed by atoms with Crippen molar-refractivity contribution < 1.29 is 8.42 Å². The third kappa shape index (κ3) is 5.13. The van der Waals surface area contributed by atoms with E-state index in [0.717, 1.165) is 17.6 Å². The van der Waals surface area contributed by atoms with E-state index in [1.807, 2.05) is 37.3 Å². The maximum absolute atomic E-state index is 12.4. The summed E-state index contributed by atoms with van der Waals surface area (Å²) in [5, 5.41) is 1.19. The van der Waals surface area contributed by atoms with Gasteiger partial charge >= 0.3 is 0 Å². The number of benzene rings is 3. The summed E-state index contributed by atoms with van der Waals surface area (Å²) in [6.45, 7) is 3.07. The van der Waals surface area contributed by atoms with E-state index in [1.165, 1.54) is 16.5 Å². The van der Waals surface area contributed by atoms with Gasteiger partial charge in [-0.15, -0.1) is 0 Å². The van der Waals surface area contributed by atoms with Crippen LogP contribution >= 0.6 is 0 Å². The first kappa shape index (κ1) is 21.1. The van der Waals surface area contributed by atoms with Crippen molar-refractivity contribution >= 4 is 33.1 Å². The molecular formula is C26H26N2O2S. The number of nitrogens with zero attached hydrogens (tertiary/aromatic N) is 1. The molecule has 0 saturated heterocycles. The van der Waals surface area contributed by atoms with E-state index in [-0.39, 0.29) is 0 Å². The highest BCUT2D eigenvalue weighted by molar-refractivity contribution is 7.89. The molecular weight excluding hydrogens is 404 g/mol. The van der Waals surface area contributed by atoms with Gasteiger partial charge in [0.15, 0.2) is 0 Å². The van der Waals surface area contributed by atoms with Gasteiger partial charge < -0.3 is 4.57 Å². The van der Waals surface area contributed by atoms with E-state index in [9.17, 15) is 8.42 Å². The second kappa shape index (κ2) is 9.33. The highest BCUT2D eigenvalue weighted by atomic mass is 32.2. The van der Waals surface area contributed by atoms with Crippen molar-refractivity contribution in [3.05, 3.63) is 102 Å². The first-order valence-corrected chi connectivity index (χ1v) is 11.9. The molecule has 3 aromatic carbocycles. The van der Waals surface area contributed by atoms with Crippen LogP contribution in [0.25, 0.3) is 23.1 Å². The number of hydrogen-bond acceptors (Lipinski definition) is 2. The molecule has 4 nitrogen and oxygen atoms in total. The van der Waals surface area contributed by atoms with Gasteiger partial charge in [-0.05, 0) is 48.7 Å². The smallest absolute Gasteiger partial charge is 0.240 e. The maximum atomic E-state index is 12.4. The number of sulfonamides is 1. The molecule has 0 fully saturated rings. The first-order valence-electron chi connectivity index (χ1n) is 10.4. The molecule has 1 N–H and O–H groups in total. The number of rotatable bonds is 8. The number of fused-ring (bicyclic) bond motifs is 1. The lowest BCUT2D eigenvalue weighted by Crippen LogP contribution is -2.25. The molecule has 0 amide bonds. The van der Waals surface area contributed by atoms with Crippen LogP contribution in [-0.4, -0.2) is 19.5 Å². The summed E-state index contributed by atoms with van der Waals surface area (Å²) in [6.07, 6.45) is 7.03. The molecule has 0 spiro atoms. The summed E-state index contributed by atoms with van der Waals surface area (Å²) in [4.78, 5) is 0.305. The topological polar surface area (TPSA) is 51.1 Å². The van der Waals surface area contributed by atoms with Crippen LogP contribution in [0, 0.1) is 6.92 Å². The molecule has 0 saturated carbocycles. The average molecular weight is 431 g/mol. The van der Waals surface area contributed by atoms with Crippen LogP contribution in [0.3, 0.4) is 0 Å². The van der Waals surface area contributed by atoms with Gasteiger partial charge in [-0.1, -0.05) is 72.3 Å². The van der Waals surface area contributed by atoms with E-state index >= 15 is 0 Å². The number of aryl methyl sites for hydroxylation is 2. The van der Waals surface area contributed by atoms with Crippen LogP contribution < -0.4 is 4.72 Å². The third-order valence-corrected chi connectivity index (χ3v) is 6.78. The highest BCUT2D eigenvalue weighted by Crippen LogP contribution is 2.22. The largest absolute Gasteiger partial charge is 0.347 e. The van der Waals surface area contributed by atoms with Crippen molar-refractivity contribution in [3.63, 3.8) is 0 Å². The zero-order valence-electron chi connectivity index (χ0n) is 17.5. The van der Waals surface area contributed by atoms with Crippen molar-refractivity contribution in [2.24, 2.45) is 0 Å². The van der Waals surface area contributed by atoms with Gasteiger partial charge in [0.1, 0.15) is 0 Å². The second-order valence-electron chi connectivity index (χ2n) is 7.60. The number of hydrogen-bond donors (Lipinski definition) is 1. The molecule has 1 heterocycles. The van der Waals surface area contributed by atoms with Crippen molar-refractivity contribution in [3.8, 4) is 0 Å². The number of aromatic nitrogens is 1. The lowest BCUT2D eigenvalue weighted by atomic mass is 10.1. The minimum absolute atomic E-state index is 0.305. The van der Waals surface area contributed by atoms with Gasteiger partial charge in [0.25, 0.3) is 0 Å². The summed E-state index contributed by atoms with van der Waals surface area (Å²) in [7, 11) is -3.47. The Morgan fingerprint density at radius 2 is 1.65 bits per heavy atom. The first-order chi connectivity index (χ1) is 15.0. The predicted octanol–water partition coefficient (Wildman–Crippen LogP) is 5.49. The van der Waals surface area contributed by atoms with E-state index in [2.05, 4.69) is 64.0 Å². The SMILES string of the molecule is Cc1ccc(S(=O)(=O)NCCCn2ccc3c(/C=C/c4ccccc4)cccc32)cc1. The van der Waals surface area contributed by atoms with E-state index in [1.54, 1.807) is 12.1 Å². The Balaban J connectivity index is 1.40. The van der Waals surface area contributed by atoms with Gasteiger partial charge in [-0.25, -0.2) is 13.1 Å². The van der Waals surface area contributed by atoms with Gasteiger partial charge in [-0.3, -0.25) is 0 Å². The maximum Gasteiger partial charge on any atom is 0.240 e. The minimum atomic E-state index is -3.47. The third-order valence-electron chi connectivity index (χ3n) is 5.30. The summed E-state index contributed by atoms with van der Waals surface area (Å²) in [5.41, 5.74) is 4.52. The van der Waals surface area contributed by atoms with Crippen molar-refractivity contribution in [1.82, 2.24) is 9.29 Å². The fourth-order valence-corrected chi connectivity index (χ4v) is 4.67. The highest BCUT2D eigenvalue weighted by Gasteiger charge is 2.12. The fourth-order valence-electron chi connectivity index (χ4n) is 3.59. The van der Waals surface area contributed by atoms with Crippen LogP contribution in [-0.2, 0) is 16.6 Å². The molecule has 0 aliphatic carbocycles. The summed E-state index contributed by atoms with van der Waals surface area (Å²) < 4.78 is 29.7. The molecule has 0 aliphatic rings. The van der Waals surface area contributed by atoms with Gasteiger partial charge in [0.05, 0.1) is 4.90 Å². The molecule has 1 aromatic heterocycles. The summed E-state index contributed by atoms with van der Waals surface area (Å²) >= 11 is 0. The second-order valence-corrected chi connectivity index (χ2v) is 9.36. The molecule has 0 bridgehead atoms. The molecule has 0 unspecified atom stereocenters. The molecule has 31 heavy (non-hydrogen) atoms. The Morgan fingerprint density at radius 1 is 0.871 bits per heavy atom. The Kier molecular flexibility index (Phi) is 6.35. The molecule has 4 aromatic rings. The molecule has 4 rings (SSSR count). The number of nitrogens with one attached hydrogen (secondary N) is 1. The Morgan fingerprint density at radius 3 is 2.42 bits per heavy atom. The van der Waals surface area contributed by atoms with Crippen molar-refractivity contribution in [2.75, 3.05) is 6.54 Å². The average Bonchev–Trinajstić information content (AvgIpc) is 3.20. The Labute approximate surface area is 183 Å².